The summed E-state index contributed by atoms with van der Waals surface area (Å²) in [7, 11) is 0. The van der Waals surface area contributed by atoms with E-state index in [1.54, 1.807) is 0 Å². The third-order valence-electron chi connectivity index (χ3n) is 4.06. The van der Waals surface area contributed by atoms with Crippen LogP contribution in [0.4, 0.5) is 43.9 Å². The zero-order valence-corrected chi connectivity index (χ0v) is 15.1. The van der Waals surface area contributed by atoms with Gasteiger partial charge in [-0.15, -0.1) is 0 Å². The molecule has 12 heteroatoms. The molecule has 0 aliphatic carbocycles. The Morgan fingerprint density at radius 1 is 0.464 bits per heavy atom. The van der Waals surface area contributed by atoms with E-state index in [1.165, 1.54) is 0 Å². The van der Waals surface area contributed by atoms with E-state index in [0.717, 1.165) is 0 Å². The van der Waals surface area contributed by atoms with Crippen LogP contribution in [0.3, 0.4) is 0 Å². The van der Waals surface area contributed by atoms with Gasteiger partial charge >= 0.3 is 0 Å². The van der Waals surface area contributed by atoms with E-state index in [-0.39, 0.29) is 12.8 Å². The summed E-state index contributed by atoms with van der Waals surface area (Å²) in [6.07, 6.45) is -0.515. The van der Waals surface area contributed by atoms with Gasteiger partial charge in [-0.2, -0.15) is 0 Å². The van der Waals surface area contributed by atoms with Gasteiger partial charge < -0.3 is 0 Å². The molecule has 0 saturated carbocycles. The molecule has 0 saturated heterocycles. The minimum absolute atomic E-state index is 0.0884. The highest BCUT2D eigenvalue weighted by Gasteiger charge is 2.39. The van der Waals surface area contributed by atoms with Crippen LogP contribution in [0.5, 0.6) is 0 Å². The first kappa shape index (κ1) is 22.6. The van der Waals surface area contributed by atoms with Crippen LogP contribution in [0.25, 0.3) is 0 Å². The van der Waals surface area contributed by atoms with Crippen molar-refractivity contribution in [3.63, 3.8) is 0 Å². The van der Waals surface area contributed by atoms with Crippen molar-refractivity contribution in [1.29, 1.82) is 0 Å². The average molecular weight is 481 g/mol. The third kappa shape index (κ3) is 3.75. The van der Waals surface area contributed by atoms with Crippen LogP contribution < -0.4 is 10.9 Å². The normalized spacial score (nSPS) is 11.2. The van der Waals surface area contributed by atoms with Crippen LogP contribution in [-0.4, -0.2) is 12.0 Å². The molecular formula is C16H8BBrF10. The number of benzene rings is 2. The Morgan fingerprint density at radius 3 is 1.04 bits per heavy atom. The Hall–Kier alpha value is -1.72. The second-order valence-electron chi connectivity index (χ2n) is 5.70. The molecule has 0 amide bonds. The Morgan fingerprint density at radius 2 is 0.750 bits per heavy atom. The molecule has 0 aromatic heterocycles. The van der Waals surface area contributed by atoms with Crippen LogP contribution in [0.2, 0.25) is 6.32 Å². The lowest BCUT2D eigenvalue weighted by Crippen LogP contribution is -2.50. The van der Waals surface area contributed by atoms with Gasteiger partial charge in [0.2, 0.25) is 6.71 Å². The maximum Gasteiger partial charge on any atom is 0.225 e. The average Bonchev–Trinajstić information content (AvgIpc) is 2.67. The lowest BCUT2D eigenvalue weighted by molar-refractivity contribution is 0.382. The first-order valence-electron chi connectivity index (χ1n) is 7.64. The van der Waals surface area contributed by atoms with Gasteiger partial charge in [-0.3, -0.25) is 0 Å². The number of alkyl halides is 1. The summed E-state index contributed by atoms with van der Waals surface area (Å²) in [6, 6.07) is 0. The van der Waals surface area contributed by atoms with Gasteiger partial charge in [-0.25, -0.2) is 43.9 Å². The maximum atomic E-state index is 14.2. The van der Waals surface area contributed by atoms with E-state index < -0.39 is 82.1 Å². The molecule has 0 spiro atoms. The van der Waals surface area contributed by atoms with E-state index in [2.05, 4.69) is 15.9 Å². The molecule has 0 aliphatic rings. The highest BCUT2D eigenvalue weighted by atomic mass is 79.9. The molecule has 0 atom stereocenters. The summed E-state index contributed by atoms with van der Waals surface area (Å²) in [6.45, 7) is -2.31. The lowest BCUT2D eigenvalue weighted by Gasteiger charge is -2.19. The van der Waals surface area contributed by atoms with Gasteiger partial charge in [-0.05, 0) is 6.42 Å². The standard InChI is InChI=1S/C16H8BBrF10/c18-4-2-1-3-17(5-7(19)11(23)15(27)12(24)8(5)20)6-9(21)13(25)16(28)14(26)10(6)22/h1-4H2. The monoisotopic (exact) mass is 480 g/mol. The molecule has 2 rings (SSSR count). The summed E-state index contributed by atoms with van der Waals surface area (Å²) < 4.78 is 137. The Bertz CT molecular complexity index is 790. The van der Waals surface area contributed by atoms with Crippen molar-refractivity contribution in [2.45, 2.75) is 19.2 Å². The number of rotatable bonds is 6. The van der Waals surface area contributed by atoms with Crippen LogP contribution in [0.15, 0.2) is 0 Å². The Balaban J connectivity index is 2.84. The summed E-state index contributed by atoms with van der Waals surface area (Å²) in [4.78, 5) is 0. The van der Waals surface area contributed by atoms with Crippen molar-refractivity contribution in [2.24, 2.45) is 0 Å². The minimum Gasteiger partial charge on any atom is -0.204 e. The zero-order valence-electron chi connectivity index (χ0n) is 13.6. The van der Waals surface area contributed by atoms with E-state index in [0.29, 0.717) is 5.33 Å². The van der Waals surface area contributed by atoms with Crippen molar-refractivity contribution >= 4 is 33.6 Å². The van der Waals surface area contributed by atoms with Crippen molar-refractivity contribution < 1.29 is 43.9 Å². The lowest BCUT2D eigenvalue weighted by atomic mass is 9.37. The van der Waals surface area contributed by atoms with Gasteiger partial charge in [0.05, 0.1) is 0 Å². The summed E-state index contributed by atoms with van der Waals surface area (Å²) in [5.74, 6) is -24.3. The van der Waals surface area contributed by atoms with Crippen LogP contribution in [0.1, 0.15) is 12.8 Å². The van der Waals surface area contributed by atoms with Gasteiger partial charge in [0, 0.05) is 16.3 Å². The van der Waals surface area contributed by atoms with Crippen LogP contribution in [-0.2, 0) is 0 Å². The number of hydrogen-bond acceptors (Lipinski definition) is 0. The van der Waals surface area contributed by atoms with Gasteiger partial charge in [-0.1, -0.05) is 28.7 Å². The first-order chi connectivity index (χ1) is 13.1. The van der Waals surface area contributed by atoms with E-state index in [1.807, 2.05) is 0 Å². The van der Waals surface area contributed by atoms with E-state index in [4.69, 9.17) is 0 Å². The fourth-order valence-electron chi connectivity index (χ4n) is 2.73. The second-order valence-corrected chi connectivity index (χ2v) is 6.50. The summed E-state index contributed by atoms with van der Waals surface area (Å²) >= 11 is 3.00. The summed E-state index contributed by atoms with van der Waals surface area (Å²) in [5, 5.41) is 0.300. The number of halogens is 11. The topological polar surface area (TPSA) is 0 Å². The smallest absolute Gasteiger partial charge is 0.204 e. The molecular weight excluding hydrogens is 473 g/mol. The van der Waals surface area contributed by atoms with Crippen molar-refractivity contribution in [3.05, 3.63) is 58.2 Å². The van der Waals surface area contributed by atoms with Gasteiger partial charge in [0.1, 0.15) is 0 Å². The summed E-state index contributed by atoms with van der Waals surface area (Å²) in [5.41, 5.74) is -3.34. The molecule has 152 valence electrons. The van der Waals surface area contributed by atoms with Gasteiger partial charge in [0.25, 0.3) is 0 Å². The molecule has 0 fully saturated rings. The molecule has 0 aliphatic heterocycles. The minimum atomic E-state index is -2.52. The second kappa shape index (κ2) is 8.75. The molecule has 0 bridgehead atoms. The molecule has 0 heterocycles. The SMILES string of the molecule is Fc1c(F)c(F)c(B(CCCCBr)c2c(F)c(F)c(F)c(F)c2F)c(F)c1F. The molecule has 28 heavy (non-hydrogen) atoms. The molecule has 2 aromatic carbocycles. The third-order valence-corrected chi connectivity index (χ3v) is 4.62. The van der Waals surface area contributed by atoms with Crippen molar-refractivity contribution in [3.8, 4) is 0 Å². The highest BCUT2D eigenvalue weighted by Crippen LogP contribution is 2.22. The quantitative estimate of drug-likeness (QED) is 0.138. The predicted octanol–water partition coefficient (Wildman–Crippen LogP) is 4.86. The Labute approximate surface area is 160 Å². The van der Waals surface area contributed by atoms with Crippen molar-refractivity contribution in [2.75, 3.05) is 5.33 Å². The number of unbranched alkanes of at least 4 members (excludes halogenated alkanes) is 1. The fraction of sp³-hybridized carbons (Fsp3) is 0.250. The van der Waals surface area contributed by atoms with Gasteiger partial charge in [0.15, 0.2) is 58.2 Å². The maximum absolute atomic E-state index is 14.2. The highest BCUT2D eigenvalue weighted by molar-refractivity contribution is 9.09. The predicted molar refractivity (Wildman–Crippen MR) is 85.3 cm³/mol. The van der Waals surface area contributed by atoms with E-state index >= 15 is 0 Å². The van der Waals surface area contributed by atoms with Crippen LogP contribution in [0, 0.1) is 58.2 Å². The largest absolute Gasteiger partial charge is 0.225 e. The molecule has 0 nitrogen and oxygen atoms in total. The zero-order chi connectivity index (χ0) is 21.3. The number of hydrogen-bond donors (Lipinski definition) is 0. The molecule has 0 unspecified atom stereocenters. The molecule has 2 aromatic rings. The van der Waals surface area contributed by atoms with Crippen LogP contribution >= 0.6 is 15.9 Å². The fourth-order valence-corrected chi connectivity index (χ4v) is 3.13. The van der Waals surface area contributed by atoms with E-state index in [9.17, 15) is 43.9 Å². The van der Waals surface area contributed by atoms with Crippen molar-refractivity contribution in [1.82, 2.24) is 0 Å². The molecule has 0 N–H and O–H groups in total. The first-order valence-corrected chi connectivity index (χ1v) is 8.76. The Kier molecular flexibility index (Phi) is 7.05. The molecule has 0 radical (unpaired) electrons.